The van der Waals surface area contributed by atoms with Gasteiger partial charge in [-0.3, -0.25) is 8.98 Å². The number of amides is 1. The van der Waals surface area contributed by atoms with E-state index < -0.39 is 16.2 Å². The van der Waals surface area contributed by atoms with Crippen LogP contribution in [0.25, 0.3) is 0 Å². The van der Waals surface area contributed by atoms with Crippen molar-refractivity contribution in [3.8, 4) is 0 Å². The fraction of sp³-hybridized carbons (Fsp3) is 0.600. The second-order valence-corrected chi connectivity index (χ2v) is 17.5. The number of allylic oxidation sites excluding steroid dienone is 1. The Morgan fingerprint density at radius 1 is 0.915 bits per heavy atom. The van der Waals surface area contributed by atoms with Crippen LogP contribution in [0.1, 0.15) is 109 Å². The topological polar surface area (TPSA) is 84.8 Å². The van der Waals surface area contributed by atoms with Gasteiger partial charge in [-0.05, 0) is 116 Å². The van der Waals surface area contributed by atoms with Crippen molar-refractivity contribution in [3.63, 3.8) is 0 Å². The molecular formula is C40H54N2O4S. The molecule has 0 bridgehead atoms. The molecule has 254 valence electrons. The molecule has 4 aliphatic carbocycles. The maximum atomic E-state index is 13.2. The Morgan fingerprint density at radius 2 is 1.62 bits per heavy atom. The molecule has 1 amide bonds. The minimum atomic E-state index is -3.87. The van der Waals surface area contributed by atoms with Crippen LogP contribution in [0.2, 0.25) is 0 Å². The molecule has 0 heterocycles. The van der Waals surface area contributed by atoms with Gasteiger partial charge in [0.1, 0.15) is 0 Å². The monoisotopic (exact) mass is 658 g/mol. The SMILES string of the molecule is CC(C)CCC[C@@H](C)[C@H]1CC[C@H]2[C@@H]3/C(=N\NC(=O)c4ccccc4)C=C4C[C@@H](OS(=O)(=O)c5ccccc5)CC[C@]4(C)[C@H]3CC[C@]12C. The first-order valence-corrected chi connectivity index (χ1v) is 19.5. The average Bonchev–Trinajstić information content (AvgIpc) is 3.41. The van der Waals surface area contributed by atoms with Crippen LogP contribution in [0, 0.1) is 46.3 Å². The summed E-state index contributed by atoms with van der Waals surface area (Å²) in [7, 11) is -3.87. The molecule has 3 saturated carbocycles. The minimum Gasteiger partial charge on any atom is -0.267 e. The van der Waals surface area contributed by atoms with E-state index in [1.54, 1.807) is 30.3 Å². The van der Waals surface area contributed by atoms with Gasteiger partial charge in [0.05, 0.1) is 16.7 Å². The minimum absolute atomic E-state index is 0.0498. The molecule has 7 heteroatoms. The first kappa shape index (κ1) is 34.1. The van der Waals surface area contributed by atoms with Crippen molar-refractivity contribution in [1.29, 1.82) is 0 Å². The number of hydrazone groups is 1. The zero-order valence-corrected chi connectivity index (χ0v) is 29.8. The van der Waals surface area contributed by atoms with Crippen LogP contribution in [0.4, 0.5) is 0 Å². The van der Waals surface area contributed by atoms with Gasteiger partial charge in [0.2, 0.25) is 0 Å². The smallest absolute Gasteiger partial charge is 0.267 e. The fourth-order valence-electron chi connectivity index (χ4n) is 10.2. The van der Waals surface area contributed by atoms with Crippen molar-refractivity contribution in [2.45, 2.75) is 110 Å². The van der Waals surface area contributed by atoms with Crippen molar-refractivity contribution in [2.75, 3.05) is 0 Å². The Labute approximate surface area is 283 Å². The van der Waals surface area contributed by atoms with Crippen LogP contribution in [0.3, 0.4) is 0 Å². The number of benzene rings is 2. The Morgan fingerprint density at radius 3 is 2.32 bits per heavy atom. The first-order chi connectivity index (χ1) is 22.4. The molecule has 0 aromatic heterocycles. The lowest BCUT2D eigenvalue weighted by atomic mass is 9.46. The van der Waals surface area contributed by atoms with Crippen LogP contribution < -0.4 is 5.43 Å². The second kappa shape index (κ2) is 13.6. The third kappa shape index (κ3) is 6.76. The average molecular weight is 659 g/mol. The summed E-state index contributed by atoms with van der Waals surface area (Å²) in [6, 6.07) is 17.7. The molecule has 8 atom stereocenters. The number of carbonyl (C=O) groups excluding carboxylic acids is 1. The number of hydrogen-bond donors (Lipinski definition) is 1. The summed E-state index contributed by atoms with van der Waals surface area (Å²) >= 11 is 0. The molecule has 0 spiro atoms. The molecule has 6 rings (SSSR count). The van der Waals surface area contributed by atoms with Crippen molar-refractivity contribution in [2.24, 2.45) is 51.4 Å². The molecule has 2 aromatic rings. The van der Waals surface area contributed by atoms with Crippen LogP contribution in [-0.2, 0) is 14.3 Å². The third-order valence-corrected chi connectivity index (χ3v) is 14.1. The van der Waals surface area contributed by atoms with E-state index in [0.29, 0.717) is 42.1 Å². The maximum absolute atomic E-state index is 13.2. The number of nitrogens with one attached hydrogen (secondary N) is 1. The van der Waals surface area contributed by atoms with Crippen LogP contribution >= 0.6 is 0 Å². The fourth-order valence-corrected chi connectivity index (χ4v) is 11.3. The second-order valence-electron chi connectivity index (χ2n) is 15.9. The quantitative estimate of drug-likeness (QED) is 0.204. The molecule has 4 aliphatic rings. The highest BCUT2D eigenvalue weighted by Crippen LogP contribution is 2.67. The summed E-state index contributed by atoms with van der Waals surface area (Å²) in [5, 5.41) is 4.93. The van der Waals surface area contributed by atoms with Crippen molar-refractivity contribution >= 4 is 21.7 Å². The standard InChI is InChI=1S/C40H54N2O4S/c1-27(2)13-12-14-28(3)33-19-20-34-37-35(22-24-40(33,34)5)39(4)23-21-31(46-47(44,45)32-17-10-7-11-18-32)25-30(39)26-36(37)41-42-38(43)29-15-8-6-9-16-29/h6-11,15-18,26-28,31,33-35,37H,12-14,19-25H2,1-5H3,(H,42,43)/b41-36-/t28-,31+,33-,34+,35+,37+,39+,40-/m1/s1. The van der Waals surface area contributed by atoms with Crippen molar-refractivity contribution in [1.82, 2.24) is 5.43 Å². The van der Waals surface area contributed by atoms with Crippen LogP contribution in [0.5, 0.6) is 0 Å². The van der Waals surface area contributed by atoms with Crippen molar-refractivity contribution in [3.05, 3.63) is 77.9 Å². The lowest BCUT2D eigenvalue weighted by Gasteiger charge is -2.58. The van der Waals surface area contributed by atoms with Crippen LogP contribution in [-0.4, -0.2) is 26.1 Å². The molecule has 0 radical (unpaired) electrons. The van der Waals surface area contributed by atoms with Gasteiger partial charge in [-0.15, -0.1) is 0 Å². The van der Waals surface area contributed by atoms with E-state index in [2.05, 4.69) is 46.1 Å². The summed E-state index contributed by atoms with van der Waals surface area (Å²) in [5.41, 5.74) is 5.88. The number of rotatable bonds is 10. The number of carbonyl (C=O) groups is 1. The highest BCUT2D eigenvalue weighted by atomic mass is 32.2. The van der Waals surface area contributed by atoms with E-state index >= 15 is 0 Å². The Bertz CT molecular complexity index is 1590. The predicted octanol–water partition coefficient (Wildman–Crippen LogP) is 9.20. The van der Waals surface area contributed by atoms with E-state index in [4.69, 9.17) is 9.28 Å². The zero-order valence-electron chi connectivity index (χ0n) is 29.0. The molecular weight excluding hydrogens is 605 g/mol. The summed E-state index contributed by atoms with van der Waals surface area (Å²) < 4.78 is 32.2. The number of nitrogens with zero attached hydrogens (tertiary/aromatic N) is 1. The first-order valence-electron chi connectivity index (χ1n) is 18.0. The third-order valence-electron chi connectivity index (χ3n) is 12.7. The van der Waals surface area contributed by atoms with E-state index in [-0.39, 0.29) is 27.6 Å². The normalized spacial score (nSPS) is 33.4. The van der Waals surface area contributed by atoms with E-state index in [9.17, 15) is 13.2 Å². The summed E-state index contributed by atoms with van der Waals surface area (Å²) in [6.45, 7) is 12.1. The van der Waals surface area contributed by atoms with Crippen LogP contribution in [0.15, 0.2) is 82.3 Å². The van der Waals surface area contributed by atoms with Gasteiger partial charge in [0, 0.05) is 11.5 Å². The van der Waals surface area contributed by atoms with Gasteiger partial charge in [-0.1, -0.05) is 95.9 Å². The van der Waals surface area contributed by atoms with Gasteiger partial charge in [-0.2, -0.15) is 13.5 Å². The molecule has 0 saturated heterocycles. The summed E-state index contributed by atoms with van der Waals surface area (Å²) in [5.74, 6) is 3.10. The number of hydrogen-bond acceptors (Lipinski definition) is 5. The molecule has 1 N–H and O–H groups in total. The molecule has 0 unspecified atom stereocenters. The summed E-state index contributed by atoms with van der Waals surface area (Å²) in [4.78, 5) is 13.4. The molecule has 6 nitrogen and oxygen atoms in total. The van der Waals surface area contributed by atoms with Gasteiger partial charge in [0.15, 0.2) is 0 Å². The maximum Gasteiger partial charge on any atom is 0.297 e. The zero-order chi connectivity index (χ0) is 33.4. The summed E-state index contributed by atoms with van der Waals surface area (Å²) in [6.07, 6.45) is 12.6. The largest absolute Gasteiger partial charge is 0.297 e. The van der Waals surface area contributed by atoms with E-state index in [1.807, 2.05) is 30.3 Å². The van der Waals surface area contributed by atoms with Crippen molar-refractivity contribution < 1.29 is 17.4 Å². The Kier molecular flexibility index (Phi) is 9.88. The lowest BCUT2D eigenvalue weighted by Crippen LogP contribution is -2.54. The predicted molar refractivity (Wildman–Crippen MR) is 188 cm³/mol. The lowest BCUT2D eigenvalue weighted by molar-refractivity contribution is -0.0281. The molecule has 47 heavy (non-hydrogen) atoms. The molecule has 0 aliphatic heterocycles. The number of fused-ring (bicyclic) bond motifs is 5. The Balaban J connectivity index is 1.30. The highest BCUT2D eigenvalue weighted by molar-refractivity contribution is 7.86. The van der Waals surface area contributed by atoms with E-state index in [0.717, 1.165) is 24.5 Å². The molecule has 2 aromatic carbocycles. The van der Waals surface area contributed by atoms with Gasteiger partial charge in [0.25, 0.3) is 16.0 Å². The highest BCUT2D eigenvalue weighted by Gasteiger charge is 2.61. The van der Waals surface area contributed by atoms with Gasteiger partial charge in [-0.25, -0.2) is 5.43 Å². The van der Waals surface area contributed by atoms with Gasteiger partial charge < -0.3 is 0 Å². The Hall–Kier alpha value is -2.77. The van der Waals surface area contributed by atoms with Gasteiger partial charge >= 0.3 is 0 Å². The molecule has 3 fully saturated rings. The van der Waals surface area contributed by atoms with E-state index in [1.165, 1.54) is 44.1 Å².